The topological polar surface area (TPSA) is 95.6 Å². The Morgan fingerprint density at radius 1 is 1.04 bits per heavy atom. The average Bonchev–Trinajstić information content (AvgIpc) is 2.99. The van der Waals surface area contributed by atoms with Gasteiger partial charge in [0.05, 0.1) is 16.3 Å². The minimum atomic E-state index is -3.84. The molecule has 26 heavy (non-hydrogen) atoms. The lowest BCUT2D eigenvalue weighted by atomic mass is 10.2. The lowest BCUT2D eigenvalue weighted by Crippen LogP contribution is -2.25. The second kappa shape index (κ2) is 6.80. The summed E-state index contributed by atoms with van der Waals surface area (Å²) < 4.78 is 28.0. The molecule has 0 radical (unpaired) electrons. The van der Waals surface area contributed by atoms with Gasteiger partial charge in [0.2, 0.25) is 11.8 Å². The van der Waals surface area contributed by atoms with E-state index < -0.39 is 10.0 Å². The molecule has 0 spiro atoms. The summed E-state index contributed by atoms with van der Waals surface area (Å²) in [7, 11) is -3.84. The number of amides is 2. The monoisotopic (exact) mass is 373 g/mol. The third-order valence-electron chi connectivity index (χ3n) is 4.12. The average molecular weight is 373 g/mol. The van der Waals surface area contributed by atoms with Crippen molar-refractivity contribution in [3.8, 4) is 0 Å². The van der Waals surface area contributed by atoms with Gasteiger partial charge >= 0.3 is 0 Å². The largest absolute Gasteiger partial charge is 0.325 e. The normalized spacial score (nSPS) is 13.2. The maximum absolute atomic E-state index is 12.8. The number of fused-ring (bicyclic) bond motifs is 1. The molecule has 1 aliphatic rings. The number of anilines is 3. The molecule has 0 aromatic heterocycles. The van der Waals surface area contributed by atoms with Crippen molar-refractivity contribution in [2.75, 3.05) is 21.5 Å². The molecule has 0 unspecified atom stereocenters. The molecule has 0 saturated heterocycles. The molecule has 2 N–H and O–H groups in total. The summed E-state index contributed by atoms with van der Waals surface area (Å²) in [5.74, 6) is -0.361. The number of rotatable bonds is 4. The van der Waals surface area contributed by atoms with Crippen molar-refractivity contribution in [1.82, 2.24) is 0 Å². The Morgan fingerprint density at radius 2 is 1.73 bits per heavy atom. The van der Waals surface area contributed by atoms with Crippen LogP contribution >= 0.6 is 0 Å². The predicted molar refractivity (Wildman–Crippen MR) is 99.7 cm³/mol. The fourth-order valence-electron chi connectivity index (χ4n) is 2.95. The highest BCUT2D eigenvalue weighted by molar-refractivity contribution is 7.92. The van der Waals surface area contributed by atoms with Gasteiger partial charge in [-0.1, -0.05) is 12.1 Å². The van der Waals surface area contributed by atoms with Gasteiger partial charge in [0, 0.05) is 26.1 Å². The van der Waals surface area contributed by atoms with E-state index in [4.69, 9.17) is 0 Å². The zero-order valence-electron chi connectivity index (χ0n) is 14.4. The Kier molecular flexibility index (Phi) is 4.69. The van der Waals surface area contributed by atoms with E-state index in [1.807, 2.05) is 0 Å². The molecule has 2 aromatic rings. The van der Waals surface area contributed by atoms with Gasteiger partial charge in [0.25, 0.3) is 10.0 Å². The molecule has 0 atom stereocenters. The van der Waals surface area contributed by atoms with Crippen molar-refractivity contribution in [3.05, 3.63) is 48.0 Å². The summed E-state index contributed by atoms with van der Waals surface area (Å²) >= 11 is 0. The highest BCUT2D eigenvalue weighted by Crippen LogP contribution is 2.31. The Hall–Kier alpha value is -2.87. The van der Waals surface area contributed by atoms with Gasteiger partial charge in [-0.15, -0.1) is 0 Å². The second-order valence-electron chi connectivity index (χ2n) is 6.04. The summed E-state index contributed by atoms with van der Waals surface area (Å²) in [5, 5.41) is 2.60. The van der Waals surface area contributed by atoms with Crippen molar-refractivity contribution >= 4 is 38.9 Å². The molecule has 0 bridgehead atoms. The Balaban J connectivity index is 1.91. The second-order valence-corrected chi connectivity index (χ2v) is 7.73. The zero-order chi connectivity index (χ0) is 18.9. The van der Waals surface area contributed by atoms with E-state index in [9.17, 15) is 18.0 Å². The molecule has 3 rings (SSSR count). The number of hydrogen-bond acceptors (Lipinski definition) is 4. The van der Waals surface area contributed by atoms with Crippen molar-refractivity contribution < 1.29 is 18.0 Å². The van der Waals surface area contributed by atoms with E-state index in [2.05, 4.69) is 10.0 Å². The Morgan fingerprint density at radius 3 is 2.38 bits per heavy atom. The van der Waals surface area contributed by atoms with Crippen molar-refractivity contribution in [2.45, 2.75) is 25.2 Å². The smallest absolute Gasteiger partial charge is 0.261 e. The van der Waals surface area contributed by atoms with E-state index in [-0.39, 0.29) is 22.4 Å². The van der Waals surface area contributed by atoms with Crippen molar-refractivity contribution in [2.24, 2.45) is 0 Å². The fourth-order valence-corrected chi connectivity index (χ4v) is 4.08. The summed E-state index contributed by atoms with van der Waals surface area (Å²) in [4.78, 5) is 24.7. The molecule has 2 amide bonds. The first-order valence-electron chi connectivity index (χ1n) is 8.08. The molecule has 8 heteroatoms. The Labute approximate surface area is 152 Å². The number of nitrogens with one attached hydrogen (secondary N) is 2. The number of benzene rings is 2. The van der Waals surface area contributed by atoms with Crippen LogP contribution in [0.5, 0.6) is 0 Å². The van der Waals surface area contributed by atoms with Gasteiger partial charge in [-0.2, -0.15) is 0 Å². The van der Waals surface area contributed by atoms with E-state index in [1.165, 1.54) is 19.9 Å². The summed E-state index contributed by atoms with van der Waals surface area (Å²) in [5.41, 5.74) is 2.23. The molecule has 1 heterocycles. The van der Waals surface area contributed by atoms with Crippen LogP contribution in [-0.2, 0) is 26.0 Å². The Bertz CT molecular complexity index is 986. The molecule has 0 saturated carbocycles. The predicted octanol–water partition coefficient (Wildman–Crippen LogP) is 2.35. The van der Waals surface area contributed by atoms with Gasteiger partial charge in [0.15, 0.2) is 0 Å². The lowest BCUT2D eigenvalue weighted by molar-refractivity contribution is -0.116. The van der Waals surface area contributed by atoms with Crippen LogP contribution in [0.4, 0.5) is 17.1 Å². The molecular weight excluding hydrogens is 354 g/mol. The highest BCUT2D eigenvalue weighted by atomic mass is 32.2. The molecule has 0 aliphatic carbocycles. The van der Waals surface area contributed by atoms with Crippen LogP contribution in [0, 0.1) is 0 Å². The fraction of sp³-hybridized carbons (Fsp3) is 0.222. The van der Waals surface area contributed by atoms with Crippen LogP contribution < -0.4 is 14.9 Å². The van der Waals surface area contributed by atoms with Crippen molar-refractivity contribution in [1.29, 1.82) is 0 Å². The summed E-state index contributed by atoms with van der Waals surface area (Å²) in [6.07, 6.45) is 0.612. The van der Waals surface area contributed by atoms with Gasteiger partial charge in [-0.3, -0.25) is 14.3 Å². The maximum Gasteiger partial charge on any atom is 0.261 e. The summed E-state index contributed by atoms with van der Waals surface area (Å²) in [6.45, 7) is 3.39. The van der Waals surface area contributed by atoms with Crippen LogP contribution in [-0.4, -0.2) is 26.8 Å². The minimum Gasteiger partial charge on any atom is -0.325 e. The summed E-state index contributed by atoms with van der Waals surface area (Å²) in [6, 6.07) is 11.3. The quantitative estimate of drug-likeness (QED) is 0.860. The van der Waals surface area contributed by atoms with E-state index in [0.29, 0.717) is 18.7 Å². The molecule has 136 valence electrons. The van der Waals surface area contributed by atoms with Gasteiger partial charge in [-0.25, -0.2) is 8.42 Å². The third-order valence-corrected chi connectivity index (χ3v) is 5.48. The van der Waals surface area contributed by atoms with Crippen LogP contribution in [0.2, 0.25) is 0 Å². The molecule has 2 aromatic carbocycles. The first kappa shape index (κ1) is 17.9. The van der Waals surface area contributed by atoms with Crippen LogP contribution in [0.1, 0.15) is 19.4 Å². The number of carbonyl (C=O) groups is 2. The third kappa shape index (κ3) is 3.55. The highest BCUT2D eigenvalue weighted by Gasteiger charge is 2.25. The molecule has 7 nitrogen and oxygen atoms in total. The molecule has 0 fully saturated rings. The van der Waals surface area contributed by atoms with Gasteiger partial charge < -0.3 is 10.2 Å². The van der Waals surface area contributed by atoms with Gasteiger partial charge in [-0.05, 0) is 42.3 Å². The van der Waals surface area contributed by atoms with Crippen LogP contribution in [0.3, 0.4) is 0 Å². The minimum absolute atomic E-state index is 0.0679. The number of carbonyl (C=O) groups excluding carboxylic acids is 2. The van der Waals surface area contributed by atoms with Crippen LogP contribution in [0.15, 0.2) is 47.4 Å². The van der Waals surface area contributed by atoms with E-state index in [0.717, 1.165) is 11.3 Å². The first-order valence-corrected chi connectivity index (χ1v) is 9.57. The van der Waals surface area contributed by atoms with Crippen molar-refractivity contribution in [3.63, 3.8) is 0 Å². The number of sulfonamides is 1. The standard InChI is InChI=1S/C18H19N3O4S/c1-12(22)19-16-5-3-4-6-17(16)20-26(24,25)15-7-8-18-14(11-15)9-10-21(18)13(2)23/h3-8,11,20H,9-10H2,1-2H3,(H,19,22). The van der Waals surface area contributed by atoms with Crippen LogP contribution in [0.25, 0.3) is 0 Å². The number of hydrogen-bond donors (Lipinski definition) is 2. The van der Waals surface area contributed by atoms with E-state index >= 15 is 0 Å². The SMILES string of the molecule is CC(=O)Nc1ccccc1NS(=O)(=O)c1ccc2c(c1)CCN2C(C)=O. The van der Waals surface area contributed by atoms with Gasteiger partial charge in [0.1, 0.15) is 0 Å². The number of nitrogens with zero attached hydrogens (tertiary/aromatic N) is 1. The first-order chi connectivity index (χ1) is 12.3. The maximum atomic E-state index is 12.8. The zero-order valence-corrected chi connectivity index (χ0v) is 15.3. The number of para-hydroxylation sites is 2. The van der Waals surface area contributed by atoms with E-state index in [1.54, 1.807) is 41.3 Å². The molecule has 1 aliphatic heterocycles. The molecular formula is C18H19N3O4S. The lowest BCUT2D eigenvalue weighted by Gasteiger charge is -2.16.